The van der Waals surface area contributed by atoms with Crippen molar-refractivity contribution in [2.45, 2.75) is 58.2 Å². The van der Waals surface area contributed by atoms with Crippen LogP contribution in [0.3, 0.4) is 0 Å². The predicted octanol–water partition coefficient (Wildman–Crippen LogP) is 3.02. The van der Waals surface area contributed by atoms with E-state index in [-0.39, 0.29) is 6.09 Å². The second-order valence-electron chi connectivity index (χ2n) is 7.39. The van der Waals surface area contributed by atoms with E-state index in [1.54, 1.807) is 11.3 Å². The lowest BCUT2D eigenvalue weighted by molar-refractivity contribution is 0.0168. The molecule has 0 radical (unpaired) electrons. The lowest BCUT2D eigenvalue weighted by Gasteiger charge is -2.34. The van der Waals surface area contributed by atoms with Crippen LogP contribution in [0.5, 0.6) is 0 Å². The van der Waals surface area contributed by atoms with Crippen LogP contribution in [0.1, 0.15) is 45.0 Å². The first-order valence-corrected chi connectivity index (χ1v) is 8.86. The summed E-state index contributed by atoms with van der Waals surface area (Å²) in [5, 5.41) is 6.77. The molecule has 2 aliphatic rings. The molecule has 2 heterocycles. The minimum absolute atomic E-state index is 0.171. The van der Waals surface area contributed by atoms with Gasteiger partial charge in [-0.15, -0.1) is 11.3 Å². The number of thiazole rings is 1. The van der Waals surface area contributed by atoms with Gasteiger partial charge in [0.25, 0.3) is 0 Å². The maximum absolute atomic E-state index is 12.1. The van der Waals surface area contributed by atoms with Gasteiger partial charge in [0.1, 0.15) is 10.6 Å². The maximum Gasteiger partial charge on any atom is 0.410 e. The number of likely N-dealkylation sites (tertiary alicyclic amines) is 1. The van der Waals surface area contributed by atoms with Crippen molar-refractivity contribution in [2.75, 3.05) is 13.1 Å². The first-order valence-electron chi connectivity index (χ1n) is 7.98. The third kappa shape index (κ3) is 3.60. The summed E-state index contributed by atoms with van der Waals surface area (Å²) >= 11 is 1.69. The smallest absolute Gasteiger partial charge is 0.410 e. The molecule has 1 aromatic rings. The van der Waals surface area contributed by atoms with Gasteiger partial charge in [0.05, 0.1) is 0 Å². The first kappa shape index (κ1) is 15.7. The van der Waals surface area contributed by atoms with Crippen LogP contribution in [0.2, 0.25) is 0 Å². The average Bonchev–Trinajstić information content (AvgIpc) is 2.86. The van der Waals surface area contributed by atoms with Gasteiger partial charge in [-0.3, -0.25) is 0 Å². The van der Waals surface area contributed by atoms with E-state index in [0.29, 0.717) is 11.5 Å². The zero-order valence-corrected chi connectivity index (χ0v) is 14.4. The highest BCUT2D eigenvalue weighted by molar-refractivity contribution is 7.09. The standard InChI is InChI=1S/C16H25N3O2S/c1-15(2,3)21-14(20)19-7-4-16(5-8-19)10-12(16)18-11-13-17-6-9-22-13/h6,9,12,18H,4-5,7-8,10-11H2,1-3H3. The molecule has 5 nitrogen and oxygen atoms in total. The highest BCUT2D eigenvalue weighted by atomic mass is 32.1. The fraction of sp³-hybridized carbons (Fsp3) is 0.750. The number of hydrogen-bond acceptors (Lipinski definition) is 5. The third-order valence-electron chi connectivity index (χ3n) is 4.58. The number of piperidine rings is 1. The molecule has 0 aromatic carbocycles. The summed E-state index contributed by atoms with van der Waals surface area (Å²) in [6, 6.07) is 0.581. The van der Waals surface area contributed by atoms with E-state index >= 15 is 0 Å². The third-order valence-corrected chi connectivity index (χ3v) is 5.36. The topological polar surface area (TPSA) is 54.5 Å². The summed E-state index contributed by atoms with van der Waals surface area (Å²) in [7, 11) is 0. The van der Waals surface area contributed by atoms with Gasteiger partial charge in [0.2, 0.25) is 0 Å². The Labute approximate surface area is 136 Å². The molecular formula is C16H25N3O2S. The van der Waals surface area contributed by atoms with Crippen LogP contribution in [-0.2, 0) is 11.3 Å². The molecule has 1 saturated heterocycles. The Morgan fingerprint density at radius 2 is 2.23 bits per heavy atom. The van der Waals surface area contributed by atoms with E-state index in [2.05, 4.69) is 10.3 Å². The molecule has 2 fully saturated rings. The molecular weight excluding hydrogens is 298 g/mol. The molecule has 22 heavy (non-hydrogen) atoms. The Balaban J connectivity index is 1.43. The van der Waals surface area contributed by atoms with E-state index in [1.807, 2.05) is 37.2 Å². The maximum atomic E-state index is 12.1. The molecule has 0 bridgehead atoms. The number of nitrogens with zero attached hydrogens (tertiary/aromatic N) is 2. The van der Waals surface area contributed by atoms with Crippen LogP contribution in [0.4, 0.5) is 4.79 Å². The van der Waals surface area contributed by atoms with Crippen LogP contribution in [0, 0.1) is 5.41 Å². The quantitative estimate of drug-likeness (QED) is 0.929. The highest BCUT2D eigenvalue weighted by Gasteiger charge is 2.55. The fourth-order valence-corrected chi connectivity index (χ4v) is 3.77. The summed E-state index contributed by atoms with van der Waals surface area (Å²) in [6.07, 6.45) is 5.05. The van der Waals surface area contributed by atoms with Gasteiger partial charge in [-0.25, -0.2) is 9.78 Å². The van der Waals surface area contributed by atoms with Crippen molar-refractivity contribution in [2.24, 2.45) is 5.41 Å². The molecule has 1 atom stereocenters. The Morgan fingerprint density at radius 1 is 1.50 bits per heavy atom. The molecule has 6 heteroatoms. The van der Waals surface area contributed by atoms with Crippen LogP contribution in [-0.4, -0.2) is 40.7 Å². The molecule has 1 aliphatic heterocycles. The van der Waals surface area contributed by atoms with Gasteiger partial charge in [-0.2, -0.15) is 0 Å². The molecule has 1 unspecified atom stereocenters. The van der Waals surface area contributed by atoms with Gasteiger partial charge in [-0.1, -0.05) is 0 Å². The van der Waals surface area contributed by atoms with Crippen molar-refractivity contribution >= 4 is 17.4 Å². The first-order chi connectivity index (χ1) is 10.4. The Hall–Kier alpha value is -1.14. The zero-order chi connectivity index (χ0) is 15.8. The molecule has 1 aromatic heterocycles. The Kier molecular flexibility index (Phi) is 4.16. The second kappa shape index (κ2) is 5.81. The number of aromatic nitrogens is 1. The monoisotopic (exact) mass is 323 g/mol. The van der Waals surface area contributed by atoms with Crippen molar-refractivity contribution in [3.05, 3.63) is 16.6 Å². The number of hydrogen-bond donors (Lipinski definition) is 1. The van der Waals surface area contributed by atoms with Gasteiger partial charge in [-0.05, 0) is 45.4 Å². The van der Waals surface area contributed by atoms with Crippen molar-refractivity contribution in [3.63, 3.8) is 0 Å². The second-order valence-corrected chi connectivity index (χ2v) is 8.37. The number of carbonyl (C=O) groups is 1. The van der Waals surface area contributed by atoms with Crippen molar-refractivity contribution in [1.82, 2.24) is 15.2 Å². The number of nitrogens with one attached hydrogen (secondary N) is 1. The van der Waals surface area contributed by atoms with E-state index in [4.69, 9.17) is 4.74 Å². The summed E-state index contributed by atoms with van der Waals surface area (Å²) in [5.74, 6) is 0. The SMILES string of the molecule is CC(C)(C)OC(=O)N1CCC2(CC1)CC2NCc1nccs1. The largest absolute Gasteiger partial charge is 0.444 e. The molecule has 1 amide bonds. The minimum atomic E-state index is -0.413. The molecule has 3 rings (SSSR count). The van der Waals surface area contributed by atoms with Gasteiger partial charge < -0.3 is 15.0 Å². The predicted molar refractivity (Wildman–Crippen MR) is 86.8 cm³/mol. The van der Waals surface area contributed by atoms with Crippen LogP contribution < -0.4 is 5.32 Å². The normalized spacial score (nSPS) is 23.6. The van der Waals surface area contributed by atoms with Crippen molar-refractivity contribution < 1.29 is 9.53 Å². The van der Waals surface area contributed by atoms with Crippen molar-refractivity contribution in [3.8, 4) is 0 Å². The lowest BCUT2D eigenvalue weighted by atomic mass is 9.93. The van der Waals surface area contributed by atoms with E-state index in [1.165, 1.54) is 6.42 Å². The van der Waals surface area contributed by atoms with Crippen LogP contribution >= 0.6 is 11.3 Å². The summed E-state index contributed by atoms with van der Waals surface area (Å²) < 4.78 is 5.45. The minimum Gasteiger partial charge on any atom is -0.444 e. The highest BCUT2D eigenvalue weighted by Crippen LogP contribution is 2.54. The van der Waals surface area contributed by atoms with Gasteiger partial charge >= 0.3 is 6.09 Å². The molecule has 122 valence electrons. The Morgan fingerprint density at radius 3 is 2.82 bits per heavy atom. The fourth-order valence-electron chi connectivity index (χ4n) is 3.20. The van der Waals surface area contributed by atoms with Crippen LogP contribution in [0.25, 0.3) is 0 Å². The average molecular weight is 323 g/mol. The Bertz CT molecular complexity index is 516. The lowest BCUT2D eigenvalue weighted by Crippen LogP contribution is -2.43. The van der Waals surface area contributed by atoms with E-state index in [0.717, 1.165) is 37.5 Å². The van der Waals surface area contributed by atoms with E-state index < -0.39 is 5.60 Å². The van der Waals surface area contributed by atoms with Crippen molar-refractivity contribution in [1.29, 1.82) is 0 Å². The number of rotatable bonds is 3. The molecule has 1 N–H and O–H groups in total. The number of amides is 1. The molecule has 1 spiro atoms. The molecule has 1 aliphatic carbocycles. The molecule has 1 saturated carbocycles. The summed E-state index contributed by atoms with van der Waals surface area (Å²) in [4.78, 5) is 18.2. The summed E-state index contributed by atoms with van der Waals surface area (Å²) in [5.41, 5.74) is -0.0145. The van der Waals surface area contributed by atoms with Gasteiger partial charge in [0, 0.05) is 37.3 Å². The number of carbonyl (C=O) groups excluding carboxylic acids is 1. The van der Waals surface area contributed by atoms with Gasteiger partial charge in [0.15, 0.2) is 0 Å². The van der Waals surface area contributed by atoms with Crippen LogP contribution in [0.15, 0.2) is 11.6 Å². The zero-order valence-electron chi connectivity index (χ0n) is 13.6. The van der Waals surface area contributed by atoms with E-state index in [9.17, 15) is 4.79 Å². The number of ether oxygens (including phenoxy) is 1. The summed E-state index contributed by atoms with van der Waals surface area (Å²) in [6.45, 7) is 8.22.